The van der Waals surface area contributed by atoms with Gasteiger partial charge in [-0.15, -0.1) is 5.10 Å². The lowest BCUT2D eigenvalue weighted by atomic mass is 9.99. The Bertz CT molecular complexity index is 1900. The standard InChI is InChI=1S/C37H38N6O7S/c1-2-48-34(46)21-39-36(47)38-20-25-4-3-5-29(18-25)26-10-12-28(13-11-26)35-49-32(19-33(50-35)27-8-6-24(22-44)7-9-27)23-51-37-40-41-42-43(37)30-14-16-31(45)17-15-30/h3-18,32-33,35,44-45H,2,19-23H2,1H3,(H2,38,39,47)/t32-,33+,35+/m0/s1. The van der Waals surface area contributed by atoms with Gasteiger partial charge in [-0.25, -0.2) is 4.79 Å². The van der Waals surface area contributed by atoms with E-state index in [4.69, 9.17) is 14.2 Å². The predicted octanol–water partition coefficient (Wildman–Crippen LogP) is 5.23. The summed E-state index contributed by atoms with van der Waals surface area (Å²) in [5, 5.41) is 37.3. The molecular weight excluding hydrogens is 673 g/mol. The van der Waals surface area contributed by atoms with Crippen molar-refractivity contribution in [1.29, 1.82) is 0 Å². The number of carbonyl (C=O) groups excluding carboxylic acids is 2. The van der Waals surface area contributed by atoms with Crippen LogP contribution in [0, 0.1) is 0 Å². The molecule has 0 saturated carbocycles. The summed E-state index contributed by atoms with van der Waals surface area (Å²) >= 11 is 1.47. The number of ether oxygens (including phenoxy) is 3. The number of aliphatic hydroxyl groups is 1. The molecule has 4 N–H and O–H groups in total. The summed E-state index contributed by atoms with van der Waals surface area (Å²) in [5.41, 5.74) is 6.24. The third kappa shape index (κ3) is 9.49. The number of nitrogens with one attached hydrogen (secondary N) is 2. The summed E-state index contributed by atoms with van der Waals surface area (Å²) in [5.74, 6) is 0.225. The molecule has 3 atom stereocenters. The van der Waals surface area contributed by atoms with E-state index in [0.29, 0.717) is 17.3 Å². The fraction of sp³-hybridized carbons (Fsp3) is 0.270. The monoisotopic (exact) mass is 710 g/mol. The van der Waals surface area contributed by atoms with Gasteiger partial charge in [-0.2, -0.15) is 4.68 Å². The first-order chi connectivity index (χ1) is 24.9. The minimum atomic E-state index is -0.641. The molecule has 4 aromatic carbocycles. The van der Waals surface area contributed by atoms with Crippen molar-refractivity contribution in [2.24, 2.45) is 0 Å². The van der Waals surface area contributed by atoms with E-state index in [1.165, 1.54) is 11.8 Å². The zero-order valence-corrected chi connectivity index (χ0v) is 28.7. The Morgan fingerprint density at radius 1 is 0.922 bits per heavy atom. The van der Waals surface area contributed by atoms with Crippen molar-refractivity contribution >= 4 is 23.8 Å². The summed E-state index contributed by atoms with van der Waals surface area (Å²) in [4.78, 5) is 23.6. The molecule has 51 heavy (non-hydrogen) atoms. The summed E-state index contributed by atoms with van der Waals surface area (Å²) in [6.07, 6.45) is -0.506. The molecule has 13 nitrogen and oxygen atoms in total. The van der Waals surface area contributed by atoms with Gasteiger partial charge in [-0.05, 0) is 75.5 Å². The molecule has 1 fully saturated rings. The Morgan fingerprint density at radius 3 is 2.43 bits per heavy atom. The van der Waals surface area contributed by atoms with Crippen molar-refractivity contribution < 1.29 is 34.0 Å². The van der Waals surface area contributed by atoms with Crippen LogP contribution in [0.15, 0.2) is 102 Å². The number of aromatic hydroxyl groups is 1. The molecule has 5 aromatic rings. The number of hydrogen-bond donors (Lipinski definition) is 4. The number of thioether (sulfide) groups is 1. The molecule has 0 spiro atoms. The van der Waals surface area contributed by atoms with E-state index in [2.05, 4.69) is 26.2 Å². The zero-order valence-electron chi connectivity index (χ0n) is 27.8. The van der Waals surface area contributed by atoms with Gasteiger partial charge in [0.1, 0.15) is 12.3 Å². The number of urea groups is 1. The molecule has 1 saturated heterocycles. The van der Waals surface area contributed by atoms with Crippen LogP contribution in [0.1, 0.15) is 48.0 Å². The fourth-order valence-electron chi connectivity index (χ4n) is 5.52. The number of rotatable bonds is 13. The Hall–Kier alpha value is -5.28. The molecule has 2 heterocycles. The highest BCUT2D eigenvalue weighted by molar-refractivity contribution is 7.99. The van der Waals surface area contributed by atoms with Crippen molar-refractivity contribution in [2.45, 2.75) is 50.2 Å². The van der Waals surface area contributed by atoms with Crippen LogP contribution in [0.2, 0.25) is 0 Å². The van der Waals surface area contributed by atoms with Crippen LogP contribution in [-0.2, 0) is 32.2 Å². The van der Waals surface area contributed by atoms with Crippen molar-refractivity contribution in [3.05, 3.63) is 119 Å². The molecule has 264 valence electrons. The lowest BCUT2D eigenvalue weighted by molar-refractivity contribution is -0.245. The van der Waals surface area contributed by atoms with Crippen LogP contribution >= 0.6 is 11.8 Å². The topological polar surface area (TPSA) is 170 Å². The molecular formula is C37H38N6O7S. The number of tetrazole rings is 1. The number of esters is 1. The number of aliphatic hydroxyl groups excluding tert-OH is 1. The molecule has 1 aliphatic heterocycles. The van der Waals surface area contributed by atoms with Crippen LogP contribution in [0.25, 0.3) is 16.8 Å². The van der Waals surface area contributed by atoms with Crippen molar-refractivity contribution in [2.75, 3.05) is 18.9 Å². The van der Waals surface area contributed by atoms with Crippen molar-refractivity contribution in [1.82, 2.24) is 30.8 Å². The molecule has 1 aromatic heterocycles. The maximum Gasteiger partial charge on any atom is 0.325 e. The maximum absolute atomic E-state index is 12.1. The molecule has 0 unspecified atom stereocenters. The highest BCUT2D eigenvalue weighted by Gasteiger charge is 2.32. The number of phenols is 1. The molecule has 0 aliphatic carbocycles. The van der Waals surface area contributed by atoms with Gasteiger partial charge in [0.15, 0.2) is 6.29 Å². The highest BCUT2D eigenvalue weighted by Crippen LogP contribution is 2.40. The zero-order chi connectivity index (χ0) is 35.6. The van der Waals surface area contributed by atoms with Gasteiger partial charge >= 0.3 is 12.0 Å². The van der Waals surface area contributed by atoms with Gasteiger partial charge < -0.3 is 35.1 Å². The van der Waals surface area contributed by atoms with Crippen LogP contribution < -0.4 is 10.6 Å². The van der Waals surface area contributed by atoms with Gasteiger partial charge in [0.2, 0.25) is 5.16 Å². The second-order valence-electron chi connectivity index (χ2n) is 11.7. The summed E-state index contributed by atoms with van der Waals surface area (Å²) in [7, 11) is 0. The highest BCUT2D eigenvalue weighted by atomic mass is 32.2. The van der Waals surface area contributed by atoms with Gasteiger partial charge in [0, 0.05) is 24.3 Å². The third-order valence-corrected chi connectivity index (χ3v) is 9.19. The van der Waals surface area contributed by atoms with E-state index in [9.17, 15) is 19.8 Å². The Balaban J connectivity index is 1.14. The SMILES string of the molecule is CCOC(=O)CNC(=O)NCc1cccc(-c2ccc([C@@H]3O[C@H](CSc4nnnn4-c4ccc(O)cc4)C[C@H](c4ccc(CO)cc4)O3)cc2)c1. The van der Waals surface area contributed by atoms with Gasteiger partial charge in [-0.1, -0.05) is 78.5 Å². The quantitative estimate of drug-likeness (QED) is 0.0933. The smallest absolute Gasteiger partial charge is 0.325 e. The van der Waals surface area contributed by atoms with Crippen LogP contribution in [-0.4, -0.2) is 67.4 Å². The number of hydrogen-bond acceptors (Lipinski definition) is 11. The second kappa shape index (κ2) is 17.1. The summed E-state index contributed by atoms with van der Waals surface area (Å²) in [6, 6.07) is 29.8. The van der Waals surface area contributed by atoms with E-state index in [-0.39, 0.29) is 44.3 Å². The number of benzene rings is 4. The van der Waals surface area contributed by atoms with Crippen LogP contribution in [0.4, 0.5) is 4.79 Å². The van der Waals surface area contributed by atoms with Gasteiger partial charge in [-0.3, -0.25) is 4.79 Å². The normalized spacial score (nSPS) is 17.1. The first kappa shape index (κ1) is 35.5. The van der Waals surface area contributed by atoms with E-state index in [1.807, 2.05) is 72.8 Å². The average Bonchev–Trinajstić information content (AvgIpc) is 3.64. The van der Waals surface area contributed by atoms with E-state index < -0.39 is 18.3 Å². The van der Waals surface area contributed by atoms with Crippen LogP contribution in [0.3, 0.4) is 0 Å². The summed E-state index contributed by atoms with van der Waals surface area (Å²) < 4.78 is 19.5. The van der Waals surface area contributed by atoms with Crippen molar-refractivity contribution in [3.8, 4) is 22.6 Å². The number of carbonyl (C=O) groups is 2. The Kier molecular flexibility index (Phi) is 11.9. The molecule has 0 bridgehead atoms. The fourth-order valence-corrected chi connectivity index (χ4v) is 6.43. The number of nitrogens with zero attached hydrogens (tertiary/aromatic N) is 4. The number of aromatic nitrogens is 4. The maximum atomic E-state index is 12.1. The van der Waals surface area contributed by atoms with E-state index in [0.717, 1.165) is 39.1 Å². The third-order valence-electron chi connectivity index (χ3n) is 8.14. The average molecular weight is 711 g/mol. The van der Waals surface area contributed by atoms with Gasteiger partial charge in [0.05, 0.1) is 31.1 Å². The molecule has 1 aliphatic rings. The molecule has 14 heteroatoms. The first-order valence-corrected chi connectivity index (χ1v) is 17.4. The van der Waals surface area contributed by atoms with Crippen LogP contribution in [0.5, 0.6) is 5.75 Å². The summed E-state index contributed by atoms with van der Waals surface area (Å²) in [6.45, 7) is 2.01. The Morgan fingerprint density at radius 2 is 1.69 bits per heavy atom. The number of phenolic OH excluding ortho intramolecular Hbond substituents is 1. The van der Waals surface area contributed by atoms with E-state index in [1.54, 1.807) is 35.9 Å². The molecule has 6 rings (SSSR count). The Labute approximate surface area is 298 Å². The largest absolute Gasteiger partial charge is 0.508 e. The predicted molar refractivity (Wildman–Crippen MR) is 189 cm³/mol. The number of amides is 2. The molecule has 2 amide bonds. The first-order valence-electron chi connectivity index (χ1n) is 16.5. The second-order valence-corrected chi connectivity index (χ2v) is 12.7. The minimum absolute atomic E-state index is 0.0369. The van der Waals surface area contributed by atoms with E-state index >= 15 is 0 Å². The lowest BCUT2D eigenvalue weighted by Gasteiger charge is -2.36. The van der Waals surface area contributed by atoms with Crippen molar-refractivity contribution in [3.63, 3.8) is 0 Å². The molecule has 0 radical (unpaired) electrons. The van der Waals surface area contributed by atoms with Gasteiger partial charge in [0.25, 0.3) is 0 Å². The lowest BCUT2D eigenvalue weighted by Crippen LogP contribution is -2.38. The minimum Gasteiger partial charge on any atom is -0.508 e.